The Morgan fingerprint density at radius 2 is 1.05 bits per heavy atom. The van der Waals surface area contributed by atoms with Gasteiger partial charge in [0.2, 0.25) is 0 Å². The predicted octanol–water partition coefficient (Wildman–Crippen LogP) is 3.06. The zero-order chi connectivity index (χ0) is 14.2. The number of benzene rings is 2. The van der Waals surface area contributed by atoms with Gasteiger partial charge in [-0.05, 0) is 36.4 Å². The Morgan fingerprint density at radius 1 is 0.650 bits per heavy atom. The smallest absolute Gasteiger partial charge is 0.0991 e. The molecular weight excluding hydrogens is 248 g/mol. The molecule has 0 N–H and O–H groups in total. The third kappa shape index (κ3) is 3.38. The Balaban J connectivity index is 0.000000147. The topological polar surface area (TPSA) is 73.4 Å². The fourth-order valence-corrected chi connectivity index (χ4v) is 1.53. The molecule has 0 unspecified atom stereocenters. The van der Waals surface area contributed by atoms with Crippen LogP contribution in [0.25, 0.3) is 11.0 Å². The van der Waals surface area contributed by atoms with Crippen molar-refractivity contribution in [2.45, 2.75) is 0 Å². The Hall–Kier alpha value is -3.24. The van der Waals surface area contributed by atoms with Gasteiger partial charge in [-0.25, -0.2) is 0 Å². The maximum absolute atomic E-state index is 8.37. The maximum Gasteiger partial charge on any atom is 0.0991 e. The second kappa shape index (κ2) is 6.63. The molecule has 2 aromatic carbocycles. The lowest BCUT2D eigenvalue weighted by molar-refractivity contribution is 1.29. The molecule has 0 radical (unpaired) electrons. The van der Waals surface area contributed by atoms with Crippen molar-refractivity contribution in [3.8, 4) is 12.1 Å². The van der Waals surface area contributed by atoms with Crippen molar-refractivity contribution in [3.63, 3.8) is 0 Å². The van der Waals surface area contributed by atoms with Gasteiger partial charge in [-0.1, -0.05) is 12.1 Å². The molecule has 0 spiro atoms. The van der Waals surface area contributed by atoms with Crippen LogP contribution in [0.1, 0.15) is 11.1 Å². The first kappa shape index (κ1) is 13.2. The van der Waals surface area contributed by atoms with Gasteiger partial charge in [0.1, 0.15) is 0 Å². The van der Waals surface area contributed by atoms with Crippen LogP contribution in [0.3, 0.4) is 0 Å². The number of para-hydroxylation sites is 2. The van der Waals surface area contributed by atoms with Crippen LogP contribution in [0.15, 0.2) is 60.9 Å². The van der Waals surface area contributed by atoms with Gasteiger partial charge in [0.15, 0.2) is 0 Å². The maximum atomic E-state index is 8.37. The number of nitriles is 2. The van der Waals surface area contributed by atoms with Crippen molar-refractivity contribution in [2.24, 2.45) is 0 Å². The van der Waals surface area contributed by atoms with Crippen LogP contribution in [0, 0.1) is 22.7 Å². The zero-order valence-corrected chi connectivity index (χ0v) is 10.6. The molecular formula is C16H10N4. The lowest BCUT2D eigenvalue weighted by Gasteiger charge is -1.90. The highest BCUT2D eigenvalue weighted by Gasteiger charge is 1.89. The van der Waals surface area contributed by atoms with Gasteiger partial charge in [0, 0.05) is 12.4 Å². The SMILES string of the molecule is N#Cc1ccc(C#N)cc1.c1ccc2nccnc2c1. The molecule has 94 valence electrons. The number of fused-ring (bicyclic) bond motifs is 1. The van der Waals surface area contributed by atoms with Crippen LogP contribution < -0.4 is 0 Å². The summed E-state index contributed by atoms with van der Waals surface area (Å²) in [5.74, 6) is 0. The summed E-state index contributed by atoms with van der Waals surface area (Å²) in [5, 5.41) is 16.7. The molecule has 0 aliphatic carbocycles. The fourth-order valence-electron chi connectivity index (χ4n) is 1.53. The average molecular weight is 258 g/mol. The first-order valence-corrected chi connectivity index (χ1v) is 5.89. The number of rotatable bonds is 0. The minimum absolute atomic E-state index is 0.582. The highest BCUT2D eigenvalue weighted by molar-refractivity contribution is 5.72. The van der Waals surface area contributed by atoms with E-state index in [-0.39, 0.29) is 0 Å². The van der Waals surface area contributed by atoms with Gasteiger partial charge in [0.05, 0.1) is 34.3 Å². The van der Waals surface area contributed by atoms with Crippen molar-refractivity contribution in [1.29, 1.82) is 10.5 Å². The fraction of sp³-hybridized carbons (Fsp3) is 0. The summed E-state index contributed by atoms with van der Waals surface area (Å²) in [6.45, 7) is 0. The minimum Gasteiger partial charge on any atom is -0.253 e. The summed E-state index contributed by atoms with van der Waals surface area (Å²) in [4.78, 5) is 8.24. The lowest BCUT2D eigenvalue weighted by Crippen LogP contribution is -1.78. The van der Waals surface area contributed by atoms with E-state index in [9.17, 15) is 0 Å². The summed E-state index contributed by atoms with van der Waals surface area (Å²) in [7, 11) is 0. The van der Waals surface area contributed by atoms with Crippen molar-refractivity contribution < 1.29 is 0 Å². The standard InChI is InChI=1S/C8H6N2.C8H4N2/c1-2-4-8-7(3-1)9-5-6-10-8;9-5-7-1-2-8(6-10)4-3-7/h1-6H;1-4H. The van der Waals surface area contributed by atoms with Crippen LogP contribution in [-0.4, -0.2) is 9.97 Å². The third-order valence-electron chi connectivity index (χ3n) is 2.52. The van der Waals surface area contributed by atoms with E-state index in [2.05, 4.69) is 9.97 Å². The predicted molar refractivity (Wildman–Crippen MR) is 75.4 cm³/mol. The Kier molecular flexibility index (Phi) is 4.37. The second-order valence-corrected chi connectivity index (χ2v) is 3.85. The monoisotopic (exact) mass is 258 g/mol. The van der Waals surface area contributed by atoms with Gasteiger partial charge in [0.25, 0.3) is 0 Å². The molecule has 3 aromatic rings. The summed E-state index contributed by atoms with van der Waals surface area (Å²) in [6.07, 6.45) is 3.39. The van der Waals surface area contributed by atoms with Crippen LogP contribution in [0.4, 0.5) is 0 Å². The van der Waals surface area contributed by atoms with E-state index in [1.807, 2.05) is 36.4 Å². The lowest BCUT2D eigenvalue weighted by atomic mass is 10.2. The highest BCUT2D eigenvalue weighted by atomic mass is 14.8. The normalized spacial score (nSPS) is 8.90. The second-order valence-electron chi connectivity index (χ2n) is 3.85. The summed E-state index contributed by atoms with van der Waals surface area (Å²) >= 11 is 0. The van der Waals surface area contributed by atoms with E-state index in [1.54, 1.807) is 36.7 Å². The molecule has 3 rings (SSSR count). The van der Waals surface area contributed by atoms with E-state index in [4.69, 9.17) is 10.5 Å². The van der Waals surface area contributed by atoms with Crippen LogP contribution in [0.2, 0.25) is 0 Å². The van der Waals surface area contributed by atoms with Crippen LogP contribution >= 0.6 is 0 Å². The molecule has 0 aliphatic rings. The molecule has 1 heterocycles. The third-order valence-corrected chi connectivity index (χ3v) is 2.52. The summed E-state index contributed by atoms with van der Waals surface area (Å²) in [6, 6.07) is 18.2. The summed E-state index contributed by atoms with van der Waals surface area (Å²) < 4.78 is 0. The van der Waals surface area contributed by atoms with E-state index >= 15 is 0 Å². The van der Waals surface area contributed by atoms with Gasteiger partial charge in [-0.15, -0.1) is 0 Å². The molecule has 0 atom stereocenters. The number of hydrogen-bond donors (Lipinski definition) is 0. The summed E-state index contributed by atoms with van der Waals surface area (Å²) in [5.41, 5.74) is 3.06. The molecule has 0 bridgehead atoms. The number of hydrogen-bond acceptors (Lipinski definition) is 4. The molecule has 0 saturated heterocycles. The van der Waals surface area contributed by atoms with Crippen molar-refractivity contribution in [2.75, 3.05) is 0 Å². The van der Waals surface area contributed by atoms with Crippen LogP contribution in [-0.2, 0) is 0 Å². The largest absolute Gasteiger partial charge is 0.253 e. The molecule has 0 aliphatic heterocycles. The molecule has 0 amide bonds. The molecule has 0 saturated carbocycles. The molecule has 20 heavy (non-hydrogen) atoms. The van der Waals surface area contributed by atoms with Gasteiger partial charge in [-0.3, -0.25) is 9.97 Å². The van der Waals surface area contributed by atoms with Crippen LogP contribution in [0.5, 0.6) is 0 Å². The van der Waals surface area contributed by atoms with E-state index in [0.29, 0.717) is 11.1 Å². The van der Waals surface area contributed by atoms with Crippen molar-refractivity contribution in [1.82, 2.24) is 9.97 Å². The van der Waals surface area contributed by atoms with E-state index < -0.39 is 0 Å². The van der Waals surface area contributed by atoms with E-state index in [0.717, 1.165) is 11.0 Å². The number of aromatic nitrogens is 2. The molecule has 4 heteroatoms. The number of nitrogens with zero attached hydrogens (tertiary/aromatic N) is 4. The zero-order valence-electron chi connectivity index (χ0n) is 10.6. The first-order valence-electron chi connectivity index (χ1n) is 5.89. The Bertz CT molecular complexity index is 681. The quantitative estimate of drug-likeness (QED) is 0.621. The van der Waals surface area contributed by atoms with Gasteiger partial charge >= 0.3 is 0 Å². The van der Waals surface area contributed by atoms with E-state index in [1.165, 1.54) is 0 Å². The highest BCUT2D eigenvalue weighted by Crippen LogP contribution is 2.04. The minimum atomic E-state index is 0.582. The van der Waals surface area contributed by atoms with Gasteiger partial charge in [-0.2, -0.15) is 10.5 Å². The molecule has 0 fully saturated rings. The van der Waals surface area contributed by atoms with Crippen molar-refractivity contribution >= 4 is 11.0 Å². The first-order chi connectivity index (χ1) is 9.83. The van der Waals surface area contributed by atoms with Gasteiger partial charge < -0.3 is 0 Å². The van der Waals surface area contributed by atoms with Crippen molar-refractivity contribution in [3.05, 3.63) is 72.1 Å². The average Bonchev–Trinajstić information content (AvgIpc) is 2.55. The molecule has 1 aromatic heterocycles. The Morgan fingerprint density at radius 3 is 1.40 bits per heavy atom. The molecule has 4 nitrogen and oxygen atoms in total. The Labute approximate surface area is 116 Å².